The summed E-state index contributed by atoms with van der Waals surface area (Å²) in [5, 5.41) is 3.34. The standard InChI is InChI=1S/C15H12Cl2FNO/c1-9(10-5-7-11(18)8-6-10)19-15(20)12-3-2-4-13(16)14(12)17/h2-9H,1H3,(H,19,20)/t9-/m0/s1. The molecule has 0 aliphatic carbocycles. The molecule has 0 bridgehead atoms. The first-order chi connectivity index (χ1) is 9.49. The molecule has 1 atom stereocenters. The molecule has 0 radical (unpaired) electrons. The van der Waals surface area contributed by atoms with Crippen molar-refractivity contribution in [1.29, 1.82) is 0 Å². The average molecular weight is 312 g/mol. The average Bonchev–Trinajstić information content (AvgIpc) is 2.42. The third-order valence-electron chi connectivity index (χ3n) is 2.91. The summed E-state index contributed by atoms with van der Waals surface area (Å²) in [7, 11) is 0. The number of nitrogens with one attached hydrogen (secondary N) is 1. The van der Waals surface area contributed by atoms with Crippen LogP contribution in [0.15, 0.2) is 42.5 Å². The Bertz CT molecular complexity index is 628. The van der Waals surface area contributed by atoms with Gasteiger partial charge in [0, 0.05) is 0 Å². The Morgan fingerprint density at radius 3 is 2.45 bits per heavy atom. The monoisotopic (exact) mass is 311 g/mol. The van der Waals surface area contributed by atoms with E-state index in [2.05, 4.69) is 5.32 Å². The van der Waals surface area contributed by atoms with Crippen molar-refractivity contribution in [2.75, 3.05) is 0 Å². The Morgan fingerprint density at radius 1 is 1.15 bits per heavy atom. The summed E-state index contributed by atoms with van der Waals surface area (Å²) >= 11 is 11.9. The molecule has 0 heterocycles. The highest BCUT2D eigenvalue weighted by atomic mass is 35.5. The highest BCUT2D eigenvalue weighted by molar-refractivity contribution is 6.43. The molecule has 0 aromatic heterocycles. The van der Waals surface area contributed by atoms with E-state index in [4.69, 9.17) is 23.2 Å². The van der Waals surface area contributed by atoms with Gasteiger partial charge in [-0.1, -0.05) is 41.4 Å². The van der Waals surface area contributed by atoms with Crippen LogP contribution in [0.25, 0.3) is 0 Å². The van der Waals surface area contributed by atoms with Gasteiger partial charge in [0.25, 0.3) is 5.91 Å². The molecule has 0 spiro atoms. The van der Waals surface area contributed by atoms with Gasteiger partial charge < -0.3 is 5.32 Å². The zero-order valence-corrected chi connectivity index (χ0v) is 12.2. The molecule has 2 rings (SSSR count). The van der Waals surface area contributed by atoms with Crippen LogP contribution in [-0.4, -0.2) is 5.91 Å². The number of carbonyl (C=O) groups excluding carboxylic acids is 1. The number of hydrogen-bond donors (Lipinski definition) is 1. The molecule has 1 N–H and O–H groups in total. The molecular weight excluding hydrogens is 300 g/mol. The van der Waals surface area contributed by atoms with Crippen molar-refractivity contribution < 1.29 is 9.18 Å². The lowest BCUT2D eigenvalue weighted by molar-refractivity contribution is 0.0940. The second-order valence-electron chi connectivity index (χ2n) is 4.35. The van der Waals surface area contributed by atoms with E-state index in [9.17, 15) is 9.18 Å². The fraction of sp³-hybridized carbons (Fsp3) is 0.133. The molecule has 1 amide bonds. The summed E-state index contributed by atoms with van der Waals surface area (Å²) in [5.74, 6) is -0.639. The number of hydrogen-bond acceptors (Lipinski definition) is 1. The molecular formula is C15H12Cl2FNO. The van der Waals surface area contributed by atoms with E-state index in [1.165, 1.54) is 12.1 Å². The molecule has 5 heteroatoms. The van der Waals surface area contributed by atoms with Gasteiger partial charge in [-0.3, -0.25) is 4.79 Å². The van der Waals surface area contributed by atoms with E-state index >= 15 is 0 Å². The van der Waals surface area contributed by atoms with Crippen molar-refractivity contribution in [2.45, 2.75) is 13.0 Å². The fourth-order valence-corrected chi connectivity index (χ4v) is 2.17. The predicted molar refractivity (Wildman–Crippen MR) is 78.7 cm³/mol. The van der Waals surface area contributed by atoms with Gasteiger partial charge in [0.05, 0.1) is 21.7 Å². The van der Waals surface area contributed by atoms with Gasteiger partial charge in [0.2, 0.25) is 0 Å². The van der Waals surface area contributed by atoms with E-state index in [0.29, 0.717) is 10.6 Å². The summed E-state index contributed by atoms with van der Waals surface area (Å²) in [6, 6.07) is 10.6. The van der Waals surface area contributed by atoms with Gasteiger partial charge in [0.15, 0.2) is 0 Å². The number of benzene rings is 2. The first-order valence-electron chi connectivity index (χ1n) is 5.99. The Morgan fingerprint density at radius 2 is 1.80 bits per heavy atom. The van der Waals surface area contributed by atoms with Crippen molar-refractivity contribution in [3.63, 3.8) is 0 Å². The topological polar surface area (TPSA) is 29.1 Å². The van der Waals surface area contributed by atoms with Crippen LogP contribution in [0.2, 0.25) is 10.0 Å². The Balaban J connectivity index is 2.15. The smallest absolute Gasteiger partial charge is 0.253 e. The van der Waals surface area contributed by atoms with Crippen molar-refractivity contribution in [1.82, 2.24) is 5.32 Å². The minimum absolute atomic E-state index is 0.220. The van der Waals surface area contributed by atoms with E-state index in [1.807, 2.05) is 6.92 Å². The van der Waals surface area contributed by atoms with Crippen LogP contribution in [0.4, 0.5) is 4.39 Å². The summed E-state index contributed by atoms with van der Waals surface area (Å²) in [6.45, 7) is 1.81. The van der Waals surface area contributed by atoms with E-state index in [-0.39, 0.29) is 22.8 Å². The highest BCUT2D eigenvalue weighted by Gasteiger charge is 2.15. The molecule has 2 nitrogen and oxygen atoms in total. The lowest BCUT2D eigenvalue weighted by atomic mass is 10.1. The minimum atomic E-state index is -0.325. The Kier molecular flexibility index (Phi) is 4.63. The van der Waals surface area contributed by atoms with E-state index < -0.39 is 0 Å². The summed E-state index contributed by atoms with van der Waals surface area (Å²) in [6.07, 6.45) is 0. The number of amides is 1. The molecule has 0 saturated carbocycles. The normalized spacial score (nSPS) is 12.0. The third kappa shape index (κ3) is 3.30. The first-order valence-corrected chi connectivity index (χ1v) is 6.75. The van der Waals surface area contributed by atoms with E-state index in [1.54, 1.807) is 30.3 Å². The van der Waals surface area contributed by atoms with Crippen LogP contribution in [0.5, 0.6) is 0 Å². The van der Waals surface area contributed by atoms with Gasteiger partial charge in [-0.25, -0.2) is 4.39 Å². The van der Waals surface area contributed by atoms with Crippen LogP contribution in [0.3, 0.4) is 0 Å². The number of rotatable bonds is 3. The summed E-state index contributed by atoms with van der Waals surface area (Å²) in [4.78, 5) is 12.1. The van der Waals surface area contributed by atoms with Crippen LogP contribution in [0, 0.1) is 5.82 Å². The van der Waals surface area contributed by atoms with Gasteiger partial charge in [-0.2, -0.15) is 0 Å². The number of carbonyl (C=O) groups is 1. The first kappa shape index (κ1) is 14.8. The maximum atomic E-state index is 12.9. The molecule has 0 saturated heterocycles. The largest absolute Gasteiger partial charge is 0.345 e. The zero-order valence-electron chi connectivity index (χ0n) is 10.7. The fourth-order valence-electron chi connectivity index (χ4n) is 1.79. The lowest BCUT2D eigenvalue weighted by Crippen LogP contribution is -2.26. The molecule has 0 unspecified atom stereocenters. The molecule has 0 aliphatic heterocycles. The minimum Gasteiger partial charge on any atom is -0.345 e. The molecule has 0 aliphatic rings. The SMILES string of the molecule is C[C@H](NC(=O)c1cccc(Cl)c1Cl)c1ccc(F)cc1. The van der Waals surface area contributed by atoms with Crippen molar-refractivity contribution in [3.8, 4) is 0 Å². The van der Waals surface area contributed by atoms with Gasteiger partial charge in [-0.05, 0) is 36.8 Å². The molecule has 20 heavy (non-hydrogen) atoms. The van der Waals surface area contributed by atoms with Gasteiger partial charge in [-0.15, -0.1) is 0 Å². The summed E-state index contributed by atoms with van der Waals surface area (Å²) in [5.41, 5.74) is 1.12. The van der Waals surface area contributed by atoms with Crippen LogP contribution >= 0.6 is 23.2 Å². The second kappa shape index (κ2) is 6.25. The molecule has 104 valence electrons. The lowest BCUT2D eigenvalue weighted by Gasteiger charge is -2.15. The van der Waals surface area contributed by atoms with Crippen molar-refractivity contribution in [3.05, 3.63) is 69.5 Å². The molecule has 0 fully saturated rings. The summed E-state index contributed by atoms with van der Waals surface area (Å²) < 4.78 is 12.9. The van der Waals surface area contributed by atoms with E-state index in [0.717, 1.165) is 5.56 Å². The molecule has 2 aromatic rings. The maximum absolute atomic E-state index is 12.9. The van der Waals surface area contributed by atoms with Crippen LogP contribution in [0.1, 0.15) is 28.9 Å². The number of halogens is 3. The Labute approximate surface area is 126 Å². The zero-order chi connectivity index (χ0) is 14.7. The second-order valence-corrected chi connectivity index (χ2v) is 5.13. The van der Waals surface area contributed by atoms with Gasteiger partial charge in [0.1, 0.15) is 5.82 Å². The third-order valence-corrected chi connectivity index (χ3v) is 3.73. The predicted octanol–water partition coefficient (Wildman–Crippen LogP) is 4.62. The maximum Gasteiger partial charge on any atom is 0.253 e. The highest BCUT2D eigenvalue weighted by Crippen LogP contribution is 2.26. The van der Waals surface area contributed by atoms with Crippen LogP contribution in [-0.2, 0) is 0 Å². The van der Waals surface area contributed by atoms with Gasteiger partial charge >= 0.3 is 0 Å². The van der Waals surface area contributed by atoms with Crippen molar-refractivity contribution >= 4 is 29.1 Å². The quantitative estimate of drug-likeness (QED) is 0.880. The Hall–Kier alpha value is -1.58. The van der Waals surface area contributed by atoms with Crippen LogP contribution < -0.4 is 5.32 Å². The molecule has 2 aromatic carbocycles. The van der Waals surface area contributed by atoms with Crippen molar-refractivity contribution in [2.24, 2.45) is 0 Å².